The summed E-state index contributed by atoms with van der Waals surface area (Å²) in [4.78, 5) is 2.05. The molecule has 0 amide bonds. The summed E-state index contributed by atoms with van der Waals surface area (Å²) in [6, 6.07) is 10.2. The Morgan fingerprint density at radius 1 is 1.50 bits per heavy atom. The van der Waals surface area contributed by atoms with Crippen molar-refractivity contribution in [3.8, 4) is 11.8 Å². The summed E-state index contributed by atoms with van der Waals surface area (Å²) < 4.78 is 5.17. The van der Waals surface area contributed by atoms with Crippen molar-refractivity contribution in [1.82, 2.24) is 4.90 Å². The fourth-order valence-corrected chi connectivity index (χ4v) is 1.67. The summed E-state index contributed by atoms with van der Waals surface area (Å²) in [7, 11) is 3.63. The van der Waals surface area contributed by atoms with E-state index in [1.165, 1.54) is 0 Å². The van der Waals surface area contributed by atoms with Gasteiger partial charge < -0.3 is 4.74 Å². The van der Waals surface area contributed by atoms with Crippen LogP contribution in [0.3, 0.4) is 0 Å². The van der Waals surface area contributed by atoms with Crippen molar-refractivity contribution in [2.45, 2.75) is 25.9 Å². The van der Waals surface area contributed by atoms with Gasteiger partial charge in [-0.25, -0.2) is 0 Å². The van der Waals surface area contributed by atoms with E-state index in [4.69, 9.17) is 10.00 Å². The van der Waals surface area contributed by atoms with E-state index < -0.39 is 0 Å². The molecule has 0 radical (unpaired) electrons. The Bertz CT molecular complexity index is 370. The van der Waals surface area contributed by atoms with E-state index in [0.717, 1.165) is 24.3 Å². The average molecular weight is 218 g/mol. The number of ether oxygens (including phenoxy) is 1. The molecule has 0 heterocycles. The van der Waals surface area contributed by atoms with E-state index >= 15 is 0 Å². The Kier molecular flexibility index (Phi) is 4.81. The van der Waals surface area contributed by atoms with Crippen LogP contribution in [-0.4, -0.2) is 25.1 Å². The lowest BCUT2D eigenvalue weighted by Crippen LogP contribution is -2.29. The molecule has 0 N–H and O–H groups in total. The molecule has 0 saturated heterocycles. The number of benzene rings is 1. The molecule has 3 nitrogen and oxygen atoms in total. The second-order valence-corrected chi connectivity index (χ2v) is 3.82. The van der Waals surface area contributed by atoms with Crippen LogP contribution in [0.4, 0.5) is 0 Å². The summed E-state index contributed by atoms with van der Waals surface area (Å²) in [5, 5.41) is 8.96. The van der Waals surface area contributed by atoms with Gasteiger partial charge in [-0.1, -0.05) is 19.1 Å². The number of hydrogen-bond acceptors (Lipinski definition) is 3. The van der Waals surface area contributed by atoms with Crippen molar-refractivity contribution < 1.29 is 4.74 Å². The van der Waals surface area contributed by atoms with Crippen LogP contribution in [0, 0.1) is 11.3 Å². The molecule has 0 saturated carbocycles. The van der Waals surface area contributed by atoms with Crippen LogP contribution in [0.1, 0.15) is 18.9 Å². The SMILES string of the molecule is CCC(C#N)N(C)Cc1cccc(OC)c1. The summed E-state index contributed by atoms with van der Waals surface area (Å²) in [5.41, 5.74) is 1.16. The third kappa shape index (κ3) is 3.25. The normalized spacial score (nSPS) is 12.2. The van der Waals surface area contributed by atoms with Gasteiger partial charge in [0, 0.05) is 6.54 Å². The highest BCUT2D eigenvalue weighted by Gasteiger charge is 2.11. The molecule has 3 heteroatoms. The Hall–Kier alpha value is -1.53. The van der Waals surface area contributed by atoms with Crippen LogP contribution < -0.4 is 4.74 Å². The smallest absolute Gasteiger partial charge is 0.119 e. The topological polar surface area (TPSA) is 36.3 Å². The zero-order valence-corrected chi connectivity index (χ0v) is 10.1. The molecule has 0 bridgehead atoms. The van der Waals surface area contributed by atoms with Gasteiger partial charge in [0.25, 0.3) is 0 Å². The van der Waals surface area contributed by atoms with Crippen molar-refractivity contribution in [2.75, 3.05) is 14.2 Å². The van der Waals surface area contributed by atoms with Gasteiger partial charge in [0.05, 0.1) is 19.2 Å². The first kappa shape index (κ1) is 12.5. The molecule has 1 unspecified atom stereocenters. The molecule has 16 heavy (non-hydrogen) atoms. The van der Waals surface area contributed by atoms with Crippen LogP contribution in [0.2, 0.25) is 0 Å². The number of hydrogen-bond donors (Lipinski definition) is 0. The molecular weight excluding hydrogens is 200 g/mol. The summed E-state index contributed by atoms with van der Waals surface area (Å²) in [6.07, 6.45) is 0.844. The highest BCUT2D eigenvalue weighted by atomic mass is 16.5. The van der Waals surface area contributed by atoms with Crippen LogP contribution >= 0.6 is 0 Å². The predicted molar refractivity (Wildman–Crippen MR) is 64.2 cm³/mol. The Morgan fingerprint density at radius 2 is 2.25 bits per heavy atom. The van der Waals surface area contributed by atoms with Crippen molar-refractivity contribution in [3.63, 3.8) is 0 Å². The first-order chi connectivity index (χ1) is 7.71. The monoisotopic (exact) mass is 218 g/mol. The van der Waals surface area contributed by atoms with Crippen molar-refractivity contribution >= 4 is 0 Å². The molecule has 0 spiro atoms. The van der Waals surface area contributed by atoms with E-state index in [-0.39, 0.29) is 6.04 Å². The van der Waals surface area contributed by atoms with E-state index in [0.29, 0.717) is 0 Å². The van der Waals surface area contributed by atoms with Crippen LogP contribution in [0.5, 0.6) is 5.75 Å². The van der Waals surface area contributed by atoms with Gasteiger partial charge >= 0.3 is 0 Å². The van der Waals surface area contributed by atoms with Crippen LogP contribution in [0.15, 0.2) is 24.3 Å². The third-order valence-electron chi connectivity index (χ3n) is 2.63. The van der Waals surface area contributed by atoms with Crippen molar-refractivity contribution in [2.24, 2.45) is 0 Å². The van der Waals surface area contributed by atoms with Gasteiger partial charge in [-0.15, -0.1) is 0 Å². The Labute approximate surface area is 97.3 Å². The minimum absolute atomic E-state index is 0.0220. The summed E-state index contributed by atoms with van der Waals surface area (Å²) >= 11 is 0. The standard InChI is InChI=1S/C13H18N2O/c1-4-12(9-14)15(2)10-11-6-5-7-13(8-11)16-3/h5-8,12H,4,10H2,1-3H3. The lowest BCUT2D eigenvalue weighted by Gasteiger charge is -2.21. The van der Waals surface area contributed by atoms with Crippen molar-refractivity contribution in [3.05, 3.63) is 29.8 Å². The Balaban J connectivity index is 2.69. The maximum absolute atomic E-state index is 8.96. The lowest BCUT2D eigenvalue weighted by atomic mass is 10.1. The molecule has 0 aliphatic heterocycles. The number of methoxy groups -OCH3 is 1. The maximum Gasteiger partial charge on any atom is 0.119 e. The van der Waals surface area contributed by atoms with E-state index in [2.05, 4.69) is 11.0 Å². The lowest BCUT2D eigenvalue weighted by molar-refractivity contribution is 0.273. The fourth-order valence-electron chi connectivity index (χ4n) is 1.67. The Morgan fingerprint density at radius 3 is 2.81 bits per heavy atom. The third-order valence-corrected chi connectivity index (χ3v) is 2.63. The first-order valence-electron chi connectivity index (χ1n) is 5.44. The highest BCUT2D eigenvalue weighted by Crippen LogP contribution is 2.15. The molecule has 1 aromatic carbocycles. The molecule has 1 rings (SSSR count). The number of rotatable bonds is 5. The van der Waals surface area contributed by atoms with Crippen molar-refractivity contribution in [1.29, 1.82) is 5.26 Å². The maximum atomic E-state index is 8.96. The van der Waals surface area contributed by atoms with Crippen LogP contribution in [-0.2, 0) is 6.54 Å². The van der Waals surface area contributed by atoms with E-state index in [1.54, 1.807) is 7.11 Å². The van der Waals surface area contributed by atoms with Gasteiger partial charge in [-0.3, -0.25) is 4.90 Å². The number of nitriles is 1. The second kappa shape index (κ2) is 6.14. The molecule has 0 fully saturated rings. The molecule has 0 aliphatic rings. The second-order valence-electron chi connectivity index (χ2n) is 3.82. The summed E-state index contributed by atoms with van der Waals surface area (Å²) in [5.74, 6) is 0.857. The molecule has 86 valence electrons. The average Bonchev–Trinajstić information content (AvgIpc) is 2.31. The minimum atomic E-state index is -0.0220. The van der Waals surface area contributed by atoms with E-state index in [9.17, 15) is 0 Å². The molecule has 1 aromatic rings. The van der Waals surface area contributed by atoms with Gasteiger partial charge in [0.2, 0.25) is 0 Å². The largest absolute Gasteiger partial charge is 0.497 e. The predicted octanol–water partition coefficient (Wildman–Crippen LogP) is 2.43. The zero-order chi connectivity index (χ0) is 12.0. The van der Waals surface area contributed by atoms with Gasteiger partial charge in [0.1, 0.15) is 5.75 Å². The molecule has 1 atom stereocenters. The summed E-state index contributed by atoms with van der Waals surface area (Å²) in [6.45, 7) is 2.79. The highest BCUT2D eigenvalue weighted by molar-refractivity contribution is 5.28. The van der Waals surface area contributed by atoms with Crippen LogP contribution in [0.25, 0.3) is 0 Å². The molecular formula is C13H18N2O. The fraction of sp³-hybridized carbons (Fsp3) is 0.462. The van der Waals surface area contributed by atoms with E-state index in [1.807, 2.05) is 38.2 Å². The zero-order valence-electron chi connectivity index (χ0n) is 10.1. The number of nitrogens with zero attached hydrogens (tertiary/aromatic N) is 2. The quantitative estimate of drug-likeness (QED) is 0.761. The van der Waals surface area contributed by atoms with Gasteiger partial charge in [0.15, 0.2) is 0 Å². The van der Waals surface area contributed by atoms with Gasteiger partial charge in [-0.05, 0) is 31.2 Å². The molecule has 0 aliphatic carbocycles. The van der Waals surface area contributed by atoms with Gasteiger partial charge in [-0.2, -0.15) is 5.26 Å². The molecule has 0 aromatic heterocycles. The minimum Gasteiger partial charge on any atom is -0.497 e. The first-order valence-corrected chi connectivity index (χ1v) is 5.44.